The summed E-state index contributed by atoms with van der Waals surface area (Å²) >= 11 is 1.21. The number of carbonyl (C=O) groups is 2. The Balaban J connectivity index is 1.48. The van der Waals surface area contributed by atoms with Crippen LogP contribution in [-0.2, 0) is 26.4 Å². The first-order valence-electron chi connectivity index (χ1n) is 13.2. The van der Waals surface area contributed by atoms with E-state index in [1.54, 1.807) is 36.6 Å². The van der Waals surface area contributed by atoms with E-state index in [2.05, 4.69) is 16.2 Å². The van der Waals surface area contributed by atoms with Crippen LogP contribution in [0.5, 0.6) is 5.75 Å². The lowest BCUT2D eigenvalue weighted by molar-refractivity contribution is -0.0882. The zero-order chi connectivity index (χ0) is 32.0. The number of ether oxygens (including phenoxy) is 3. The molecular weight excluding hydrogens is 608 g/mol. The van der Waals surface area contributed by atoms with Gasteiger partial charge in [-0.2, -0.15) is 10.4 Å². The van der Waals surface area contributed by atoms with Gasteiger partial charge in [-0.3, -0.25) is 0 Å². The molecule has 2 atom stereocenters. The largest absolute Gasteiger partial charge is 0.512 e. The van der Waals surface area contributed by atoms with Gasteiger partial charge < -0.3 is 19.3 Å². The molecule has 1 unspecified atom stereocenters. The number of phenolic OH excluding ortho intramolecular Hbond substituents is 1. The Morgan fingerprint density at radius 1 is 1.11 bits per heavy atom. The highest BCUT2D eigenvalue weighted by Crippen LogP contribution is 2.45. The summed E-state index contributed by atoms with van der Waals surface area (Å²) in [4.78, 5) is 34.1. The quantitative estimate of drug-likeness (QED) is 0.145. The van der Waals surface area contributed by atoms with Crippen molar-refractivity contribution in [2.24, 2.45) is 0 Å². The zero-order valence-corrected chi connectivity index (χ0v) is 24.3. The van der Waals surface area contributed by atoms with Crippen molar-refractivity contribution < 1.29 is 37.7 Å². The first kappa shape index (κ1) is 30.8. The van der Waals surface area contributed by atoms with Crippen LogP contribution in [-0.4, -0.2) is 43.8 Å². The highest BCUT2D eigenvalue weighted by atomic mass is 32.1. The van der Waals surface area contributed by atoms with E-state index < -0.39 is 42.1 Å². The van der Waals surface area contributed by atoms with Crippen LogP contribution in [0.1, 0.15) is 39.3 Å². The summed E-state index contributed by atoms with van der Waals surface area (Å²) in [6.07, 6.45) is 1.24. The number of nitrogens with zero attached hydrogens (tertiary/aromatic N) is 5. The predicted molar refractivity (Wildman–Crippen MR) is 155 cm³/mol. The topological polar surface area (TPSA) is 149 Å². The second kappa shape index (κ2) is 13.3. The molecule has 3 aromatic carbocycles. The van der Waals surface area contributed by atoms with E-state index in [1.807, 2.05) is 0 Å². The van der Waals surface area contributed by atoms with E-state index in [4.69, 9.17) is 24.5 Å². The number of hydrogen-bond donors (Lipinski definition) is 1. The minimum atomic E-state index is -1.93. The maximum absolute atomic E-state index is 15.6. The van der Waals surface area contributed by atoms with Crippen LogP contribution in [0.4, 0.5) is 13.6 Å². The lowest BCUT2D eigenvalue weighted by atomic mass is 9.81. The van der Waals surface area contributed by atoms with Gasteiger partial charge in [0.05, 0.1) is 35.4 Å². The number of hydrogen-bond acceptors (Lipinski definition) is 11. The number of halogens is 2. The summed E-state index contributed by atoms with van der Waals surface area (Å²) in [5.74, 6) is -3.79. The molecular formula is C31H23F2N5O6S. The number of phenols is 1. The Hall–Kier alpha value is -5.68. The van der Waals surface area contributed by atoms with Crippen molar-refractivity contribution in [3.8, 4) is 23.1 Å². The molecule has 14 heteroatoms. The van der Waals surface area contributed by atoms with E-state index >= 15 is 4.39 Å². The van der Waals surface area contributed by atoms with Gasteiger partial charge in [0, 0.05) is 22.6 Å². The van der Waals surface area contributed by atoms with Gasteiger partial charge in [-0.15, -0.1) is 11.3 Å². The molecule has 2 heterocycles. The maximum Gasteiger partial charge on any atom is 0.512 e. The maximum atomic E-state index is 15.6. The van der Waals surface area contributed by atoms with Crippen LogP contribution in [0.15, 0.2) is 84.8 Å². The van der Waals surface area contributed by atoms with Crippen LogP contribution < -0.4 is 0 Å². The summed E-state index contributed by atoms with van der Waals surface area (Å²) in [6.45, 7) is 0.490. The molecule has 0 aliphatic rings. The summed E-state index contributed by atoms with van der Waals surface area (Å²) in [7, 11) is 0. The van der Waals surface area contributed by atoms with Crippen molar-refractivity contribution in [2.45, 2.75) is 25.0 Å². The third-order valence-electron chi connectivity index (χ3n) is 6.87. The van der Waals surface area contributed by atoms with E-state index in [-0.39, 0.29) is 23.4 Å². The number of carbonyl (C=O) groups excluding carboxylic acids is 2. The van der Waals surface area contributed by atoms with Gasteiger partial charge in [-0.25, -0.2) is 33.0 Å². The molecule has 0 saturated heterocycles. The van der Waals surface area contributed by atoms with Crippen LogP contribution in [0.3, 0.4) is 0 Å². The van der Waals surface area contributed by atoms with Crippen LogP contribution in [0, 0.1) is 23.0 Å². The van der Waals surface area contributed by atoms with Crippen LogP contribution >= 0.6 is 11.3 Å². The predicted octanol–water partition coefficient (Wildman–Crippen LogP) is 5.92. The number of esters is 1. The zero-order valence-electron chi connectivity index (χ0n) is 23.5. The lowest BCUT2D eigenvalue weighted by Gasteiger charge is -2.37. The molecule has 0 saturated carbocycles. The van der Waals surface area contributed by atoms with Gasteiger partial charge in [-0.1, -0.05) is 25.1 Å². The number of nitriles is 1. The summed E-state index contributed by atoms with van der Waals surface area (Å²) in [6, 6.07) is 17.0. The fourth-order valence-corrected chi connectivity index (χ4v) is 5.54. The van der Waals surface area contributed by atoms with E-state index in [0.717, 1.165) is 12.1 Å². The third-order valence-corrected chi connectivity index (χ3v) is 7.89. The fourth-order valence-electron chi connectivity index (χ4n) is 4.58. The second-order valence-electron chi connectivity index (χ2n) is 9.68. The molecule has 0 aliphatic carbocycles. The van der Waals surface area contributed by atoms with Crippen molar-refractivity contribution >= 4 is 23.5 Å². The highest BCUT2D eigenvalue weighted by molar-refractivity contribution is 7.10. The Morgan fingerprint density at radius 2 is 1.91 bits per heavy atom. The number of thiazole rings is 1. The number of benzene rings is 3. The van der Waals surface area contributed by atoms with Gasteiger partial charge in [0.1, 0.15) is 35.0 Å². The first-order chi connectivity index (χ1) is 21.7. The average molecular weight is 632 g/mol. The molecule has 0 bridgehead atoms. The second-order valence-corrected chi connectivity index (χ2v) is 10.6. The smallest absolute Gasteiger partial charge is 0.508 e. The first-order valence-corrected chi connectivity index (χ1v) is 14.1. The summed E-state index contributed by atoms with van der Waals surface area (Å²) < 4.78 is 46.8. The normalized spacial score (nSPS) is 12.8. The van der Waals surface area contributed by atoms with Crippen molar-refractivity contribution in [2.75, 3.05) is 6.79 Å². The monoisotopic (exact) mass is 631 g/mol. The van der Waals surface area contributed by atoms with Crippen LogP contribution in [0.2, 0.25) is 0 Å². The molecule has 5 rings (SSSR count). The van der Waals surface area contributed by atoms with E-state index in [9.17, 15) is 19.1 Å². The van der Waals surface area contributed by atoms with Crippen molar-refractivity contribution in [1.29, 1.82) is 5.26 Å². The Labute approximate surface area is 258 Å². The SMILES string of the molecule is C[C@@H](c1nc(-c2ccc(C#N)cc2)cs1)C(Cn1cncn1)(OC(=O)OCOC(=O)c1cccc(O)c1)c1ccc(F)cc1F. The Bertz CT molecular complexity index is 1860. The van der Waals surface area contributed by atoms with E-state index in [0.29, 0.717) is 27.9 Å². The summed E-state index contributed by atoms with van der Waals surface area (Å²) in [5, 5.41) is 25.0. The van der Waals surface area contributed by atoms with Gasteiger partial charge in [0.2, 0.25) is 6.79 Å². The highest BCUT2D eigenvalue weighted by Gasteiger charge is 2.47. The van der Waals surface area contributed by atoms with Gasteiger partial charge in [0.25, 0.3) is 0 Å². The molecule has 0 spiro atoms. The molecule has 0 radical (unpaired) electrons. The lowest BCUT2D eigenvalue weighted by Crippen LogP contribution is -2.43. The van der Waals surface area contributed by atoms with E-state index in [1.165, 1.54) is 52.9 Å². The Kier molecular flexibility index (Phi) is 9.10. The molecule has 0 amide bonds. The molecule has 1 N–H and O–H groups in total. The third kappa shape index (κ3) is 6.94. The van der Waals surface area contributed by atoms with Crippen LogP contribution in [0.25, 0.3) is 11.3 Å². The minimum Gasteiger partial charge on any atom is -0.508 e. The molecule has 0 aliphatic heterocycles. The average Bonchev–Trinajstić information content (AvgIpc) is 3.73. The molecule has 45 heavy (non-hydrogen) atoms. The number of rotatable bonds is 10. The van der Waals surface area contributed by atoms with Crippen molar-refractivity contribution in [3.05, 3.63) is 118 Å². The van der Waals surface area contributed by atoms with Gasteiger partial charge in [-0.05, 0) is 42.5 Å². The molecule has 228 valence electrons. The standard InChI is InChI=1S/C31H23F2N5O6S/c1-19(28-37-27(14-45-28)21-7-5-20(13-34)6-8-21)31(15-38-17-35-16-36-38,25-10-9-23(32)12-26(25)33)44-30(41)43-18-42-29(40)22-3-2-4-24(39)11-22/h2-12,14,16-17,19,39H,15,18H2,1H3/t19-,31?/m0/s1. The number of aromatic hydroxyl groups is 1. The molecule has 11 nitrogen and oxygen atoms in total. The summed E-state index contributed by atoms with van der Waals surface area (Å²) in [5.41, 5.74) is -0.375. The Morgan fingerprint density at radius 3 is 2.60 bits per heavy atom. The van der Waals surface area contributed by atoms with Gasteiger partial charge >= 0.3 is 12.1 Å². The van der Waals surface area contributed by atoms with Gasteiger partial charge in [0.15, 0.2) is 5.60 Å². The fraction of sp³-hybridized carbons (Fsp3) is 0.161. The van der Waals surface area contributed by atoms with Crippen molar-refractivity contribution in [3.63, 3.8) is 0 Å². The molecule has 0 fully saturated rings. The van der Waals surface area contributed by atoms with Crippen molar-refractivity contribution in [1.82, 2.24) is 19.7 Å². The molecule has 5 aromatic rings. The number of aromatic nitrogens is 4. The minimum absolute atomic E-state index is 0.0105. The molecule has 2 aromatic heterocycles.